The van der Waals surface area contributed by atoms with Crippen LogP contribution in [-0.2, 0) is 0 Å². The molecule has 94 valence electrons. The summed E-state index contributed by atoms with van der Waals surface area (Å²) in [7, 11) is 0. The summed E-state index contributed by atoms with van der Waals surface area (Å²) in [4.78, 5) is 8.69. The molecule has 1 unspecified atom stereocenters. The fourth-order valence-electron chi connectivity index (χ4n) is 2.10. The largest absolute Gasteiger partial charge is 0.271 e. The summed E-state index contributed by atoms with van der Waals surface area (Å²) in [6.45, 7) is 6.09. The van der Waals surface area contributed by atoms with E-state index in [9.17, 15) is 0 Å². The van der Waals surface area contributed by atoms with Crippen molar-refractivity contribution in [1.82, 2.24) is 15.4 Å². The number of nitrogens with one attached hydrogen (secondary N) is 1. The molecule has 0 saturated carbocycles. The molecule has 0 aliphatic carbocycles. The highest BCUT2D eigenvalue weighted by Gasteiger charge is 2.16. The second kappa shape index (κ2) is 5.25. The minimum absolute atomic E-state index is 0.127. The van der Waals surface area contributed by atoms with Gasteiger partial charge in [-0.1, -0.05) is 12.1 Å². The molecule has 4 heteroatoms. The van der Waals surface area contributed by atoms with Crippen molar-refractivity contribution < 1.29 is 0 Å². The standard InChI is InChI=1S/C14H18N4/c1-9-4-11(3)13(17-7-9)14(18-15)12-5-10(2)6-16-8-12/h4-8,14,18H,15H2,1-3H3. The monoisotopic (exact) mass is 242 g/mol. The van der Waals surface area contributed by atoms with Crippen LogP contribution >= 0.6 is 0 Å². The zero-order valence-corrected chi connectivity index (χ0v) is 10.9. The quantitative estimate of drug-likeness (QED) is 0.638. The molecule has 0 bridgehead atoms. The van der Waals surface area contributed by atoms with Gasteiger partial charge in [0.15, 0.2) is 0 Å². The first-order valence-corrected chi connectivity index (χ1v) is 5.92. The van der Waals surface area contributed by atoms with Gasteiger partial charge in [0.1, 0.15) is 0 Å². The molecular weight excluding hydrogens is 224 g/mol. The predicted octanol–water partition coefficient (Wildman–Crippen LogP) is 1.95. The maximum absolute atomic E-state index is 5.68. The zero-order valence-electron chi connectivity index (χ0n) is 10.9. The molecular formula is C14H18N4. The third kappa shape index (κ3) is 2.55. The van der Waals surface area contributed by atoms with Gasteiger partial charge in [0.2, 0.25) is 0 Å². The minimum atomic E-state index is -0.127. The predicted molar refractivity (Wildman–Crippen MR) is 71.9 cm³/mol. The number of hydrazine groups is 1. The van der Waals surface area contributed by atoms with E-state index in [4.69, 9.17) is 5.84 Å². The zero-order chi connectivity index (χ0) is 13.1. The summed E-state index contributed by atoms with van der Waals surface area (Å²) in [6, 6.07) is 4.05. The van der Waals surface area contributed by atoms with E-state index in [0.717, 1.165) is 27.9 Å². The van der Waals surface area contributed by atoms with Crippen molar-refractivity contribution in [1.29, 1.82) is 0 Å². The fraction of sp³-hybridized carbons (Fsp3) is 0.286. The van der Waals surface area contributed by atoms with Gasteiger partial charge in [-0.2, -0.15) is 0 Å². The number of aryl methyl sites for hydroxylation is 3. The first kappa shape index (κ1) is 12.7. The third-order valence-electron chi connectivity index (χ3n) is 2.93. The van der Waals surface area contributed by atoms with Gasteiger partial charge < -0.3 is 0 Å². The number of hydrogen-bond acceptors (Lipinski definition) is 4. The van der Waals surface area contributed by atoms with Gasteiger partial charge in [0.05, 0.1) is 11.7 Å². The van der Waals surface area contributed by atoms with E-state index in [1.807, 2.05) is 39.4 Å². The van der Waals surface area contributed by atoms with Crippen LogP contribution in [0.5, 0.6) is 0 Å². The lowest BCUT2D eigenvalue weighted by molar-refractivity contribution is 0.614. The second-order valence-corrected chi connectivity index (χ2v) is 4.61. The van der Waals surface area contributed by atoms with Crippen LogP contribution in [0.1, 0.15) is 34.0 Å². The van der Waals surface area contributed by atoms with Crippen LogP contribution in [0.4, 0.5) is 0 Å². The van der Waals surface area contributed by atoms with E-state index < -0.39 is 0 Å². The normalized spacial score (nSPS) is 12.4. The molecule has 0 aliphatic rings. The molecule has 2 heterocycles. The van der Waals surface area contributed by atoms with Crippen LogP contribution in [0.15, 0.2) is 30.7 Å². The Kier molecular flexibility index (Phi) is 3.69. The van der Waals surface area contributed by atoms with Crippen LogP contribution in [0.25, 0.3) is 0 Å². The molecule has 0 fully saturated rings. The lowest BCUT2D eigenvalue weighted by Crippen LogP contribution is -2.30. The average molecular weight is 242 g/mol. The summed E-state index contributed by atoms with van der Waals surface area (Å²) in [5, 5.41) is 0. The van der Waals surface area contributed by atoms with E-state index in [2.05, 4.69) is 27.5 Å². The van der Waals surface area contributed by atoms with Gasteiger partial charge in [-0.25, -0.2) is 5.43 Å². The van der Waals surface area contributed by atoms with Crippen molar-refractivity contribution in [3.8, 4) is 0 Å². The molecule has 0 aliphatic heterocycles. The van der Waals surface area contributed by atoms with Gasteiger partial charge in [-0.3, -0.25) is 15.8 Å². The lowest BCUT2D eigenvalue weighted by atomic mass is 10.0. The summed E-state index contributed by atoms with van der Waals surface area (Å²) in [5.41, 5.74) is 8.17. The van der Waals surface area contributed by atoms with Crippen molar-refractivity contribution >= 4 is 0 Å². The van der Waals surface area contributed by atoms with E-state index in [0.29, 0.717) is 0 Å². The topological polar surface area (TPSA) is 63.8 Å². The van der Waals surface area contributed by atoms with E-state index in [1.54, 1.807) is 0 Å². The van der Waals surface area contributed by atoms with Gasteiger partial charge >= 0.3 is 0 Å². The molecule has 0 amide bonds. The highest BCUT2D eigenvalue weighted by molar-refractivity contribution is 5.33. The van der Waals surface area contributed by atoms with Crippen LogP contribution in [0, 0.1) is 20.8 Å². The molecule has 1 atom stereocenters. The lowest BCUT2D eigenvalue weighted by Gasteiger charge is -2.18. The Bertz CT molecular complexity index is 551. The Morgan fingerprint density at radius 2 is 1.78 bits per heavy atom. The summed E-state index contributed by atoms with van der Waals surface area (Å²) in [6.07, 6.45) is 5.50. The Morgan fingerprint density at radius 3 is 2.39 bits per heavy atom. The van der Waals surface area contributed by atoms with Gasteiger partial charge in [0, 0.05) is 18.6 Å². The maximum atomic E-state index is 5.68. The Balaban J connectivity index is 2.45. The summed E-state index contributed by atoms with van der Waals surface area (Å²) >= 11 is 0. The van der Waals surface area contributed by atoms with Gasteiger partial charge in [0.25, 0.3) is 0 Å². The number of nitrogens with zero attached hydrogens (tertiary/aromatic N) is 2. The SMILES string of the molecule is Cc1cncc(C(NN)c2ncc(C)cc2C)c1. The van der Waals surface area contributed by atoms with Gasteiger partial charge in [-0.15, -0.1) is 0 Å². The number of hydrogen-bond donors (Lipinski definition) is 2. The highest BCUT2D eigenvalue weighted by atomic mass is 15.2. The molecule has 2 rings (SSSR count). The first-order valence-electron chi connectivity index (χ1n) is 5.92. The second-order valence-electron chi connectivity index (χ2n) is 4.61. The number of pyridine rings is 2. The fourth-order valence-corrected chi connectivity index (χ4v) is 2.10. The van der Waals surface area contributed by atoms with Crippen molar-refractivity contribution in [2.75, 3.05) is 0 Å². The molecule has 4 nitrogen and oxygen atoms in total. The van der Waals surface area contributed by atoms with E-state index in [-0.39, 0.29) is 6.04 Å². The minimum Gasteiger partial charge on any atom is -0.271 e. The van der Waals surface area contributed by atoms with Crippen LogP contribution in [0.2, 0.25) is 0 Å². The summed E-state index contributed by atoms with van der Waals surface area (Å²) < 4.78 is 0. The first-order chi connectivity index (χ1) is 8.61. The molecule has 2 aromatic heterocycles. The molecule has 2 aromatic rings. The molecule has 0 aromatic carbocycles. The third-order valence-corrected chi connectivity index (χ3v) is 2.93. The number of rotatable bonds is 3. The van der Waals surface area contributed by atoms with Crippen molar-refractivity contribution in [2.45, 2.75) is 26.8 Å². The smallest absolute Gasteiger partial charge is 0.0899 e. The highest BCUT2D eigenvalue weighted by Crippen LogP contribution is 2.22. The van der Waals surface area contributed by atoms with Gasteiger partial charge in [-0.05, 0) is 43.0 Å². The maximum Gasteiger partial charge on any atom is 0.0899 e. The molecule has 18 heavy (non-hydrogen) atoms. The van der Waals surface area contributed by atoms with Crippen molar-refractivity contribution in [3.63, 3.8) is 0 Å². The number of aromatic nitrogens is 2. The Morgan fingerprint density at radius 1 is 1.06 bits per heavy atom. The molecule has 3 N–H and O–H groups in total. The van der Waals surface area contributed by atoms with E-state index >= 15 is 0 Å². The van der Waals surface area contributed by atoms with Crippen LogP contribution in [-0.4, -0.2) is 9.97 Å². The van der Waals surface area contributed by atoms with E-state index in [1.165, 1.54) is 0 Å². The molecule has 0 spiro atoms. The van der Waals surface area contributed by atoms with Crippen LogP contribution < -0.4 is 11.3 Å². The average Bonchev–Trinajstić information content (AvgIpc) is 2.33. The van der Waals surface area contributed by atoms with Crippen molar-refractivity contribution in [3.05, 3.63) is 58.7 Å². The number of nitrogens with two attached hydrogens (primary N) is 1. The Hall–Kier alpha value is -1.78. The summed E-state index contributed by atoms with van der Waals surface area (Å²) in [5.74, 6) is 5.68. The molecule has 0 saturated heterocycles. The van der Waals surface area contributed by atoms with Crippen LogP contribution in [0.3, 0.4) is 0 Å². The Labute approximate surface area is 107 Å². The molecule has 0 radical (unpaired) electrons. The van der Waals surface area contributed by atoms with Crippen molar-refractivity contribution in [2.24, 2.45) is 5.84 Å².